The predicted molar refractivity (Wildman–Crippen MR) is 130 cm³/mol. The van der Waals surface area contributed by atoms with Crippen LogP contribution in [0.4, 0.5) is 16.2 Å². The third-order valence-corrected chi connectivity index (χ3v) is 5.80. The number of benzene rings is 2. The molecule has 34 heavy (non-hydrogen) atoms. The number of aryl methyl sites for hydroxylation is 1. The molecule has 0 unspecified atom stereocenters. The van der Waals surface area contributed by atoms with Gasteiger partial charge in [-0.1, -0.05) is 12.1 Å². The molecule has 2 aromatic carbocycles. The van der Waals surface area contributed by atoms with E-state index in [1.165, 1.54) is 17.8 Å². The number of urea groups is 1. The Bertz CT molecular complexity index is 1390. The van der Waals surface area contributed by atoms with Gasteiger partial charge in [0.15, 0.2) is 5.65 Å². The van der Waals surface area contributed by atoms with Gasteiger partial charge < -0.3 is 19.9 Å². The lowest BCUT2D eigenvalue weighted by atomic mass is 10.2. The molecule has 2 amide bonds. The van der Waals surface area contributed by atoms with Crippen LogP contribution in [-0.2, 0) is 10.5 Å². The molecule has 2 heterocycles. The fourth-order valence-corrected chi connectivity index (χ4v) is 4.08. The zero-order valence-corrected chi connectivity index (χ0v) is 19.3. The molecule has 4 aromatic rings. The number of aromatic nitrogens is 2. The van der Waals surface area contributed by atoms with Gasteiger partial charge in [-0.15, -0.1) is 16.3 Å². The maximum Gasteiger partial charge on any atom is 0.338 e. The normalized spacial score (nSPS) is 10.8. The summed E-state index contributed by atoms with van der Waals surface area (Å²) in [5, 5.41) is 5.57. The Morgan fingerprint density at radius 1 is 1.09 bits per heavy atom. The number of hydrogen-bond acceptors (Lipinski definition) is 7. The lowest BCUT2D eigenvalue weighted by Gasteiger charge is -2.12. The van der Waals surface area contributed by atoms with Crippen LogP contribution in [0, 0.1) is 6.92 Å². The predicted octanol–water partition coefficient (Wildman–Crippen LogP) is 4.71. The molecular formula is C24H22N4O5S. The average molecular weight is 479 g/mol. The van der Waals surface area contributed by atoms with Crippen LogP contribution in [0.2, 0.25) is 0 Å². The van der Waals surface area contributed by atoms with Gasteiger partial charge in [-0.2, -0.15) is 0 Å². The van der Waals surface area contributed by atoms with Gasteiger partial charge in [-0.05, 0) is 50.2 Å². The highest BCUT2D eigenvalue weighted by molar-refractivity contribution is 7.98. The minimum absolute atomic E-state index is 0.284. The first-order valence-electron chi connectivity index (χ1n) is 10.5. The number of fused-ring (bicyclic) bond motifs is 1. The van der Waals surface area contributed by atoms with E-state index >= 15 is 0 Å². The number of esters is 1. The molecule has 0 saturated heterocycles. The summed E-state index contributed by atoms with van der Waals surface area (Å²) >= 11 is 1.45. The van der Waals surface area contributed by atoms with Gasteiger partial charge in [-0.3, -0.25) is 4.79 Å². The van der Waals surface area contributed by atoms with E-state index in [0.717, 1.165) is 9.47 Å². The maximum absolute atomic E-state index is 12.5. The van der Waals surface area contributed by atoms with Crippen molar-refractivity contribution in [2.75, 3.05) is 17.2 Å². The van der Waals surface area contributed by atoms with Crippen LogP contribution in [0.1, 0.15) is 28.7 Å². The van der Waals surface area contributed by atoms with E-state index in [4.69, 9.17) is 9.26 Å². The number of anilines is 2. The zero-order valence-electron chi connectivity index (χ0n) is 18.5. The molecule has 9 nitrogen and oxygen atoms in total. The molecular weight excluding hydrogens is 456 g/mol. The number of carbonyl (C=O) groups is 2. The molecule has 0 fully saturated rings. The summed E-state index contributed by atoms with van der Waals surface area (Å²) in [6.07, 6.45) is 0. The molecule has 0 spiro atoms. The van der Waals surface area contributed by atoms with Crippen LogP contribution < -0.4 is 16.2 Å². The summed E-state index contributed by atoms with van der Waals surface area (Å²) in [7, 11) is 0. The molecule has 2 aromatic heterocycles. The van der Waals surface area contributed by atoms with Gasteiger partial charge >= 0.3 is 12.0 Å². The molecule has 10 heteroatoms. The number of hydrogen-bond donors (Lipinski definition) is 2. The molecule has 0 aliphatic heterocycles. The molecule has 2 N–H and O–H groups in total. The lowest BCUT2D eigenvalue weighted by molar-refractivity contribution is 0.0526. The van der Waals surface area contributed by atoms with Crippen molar-refractivity contribution in [1.29, 1.82) is 0 Å². The van der Waals surface area contributed by atoms with Crippen LogP contribution in [0.15, 0.2) is 74.9 Å². The first-order chi connectivity index (χ1) is 16.4. The molecule has 0 aliphatic rings. The minimum atomic E-state index is -0.427. The zero-order chi connectivity index (χ0) is 24.1. The van der Waals surface area contributed by atoms with E-state index in [1.807, 2.05) is 18.2 Å². The van der Waals surface area contributed by atoms with Gasteiger partial charge in [-0.25, -0.2) is 14.6 Å². The van der Waals surface area contributed by atoms with Gasteiger partial charge in [0, 0.05) is 28.5 Å². The monoisotopic (exact) mass is 478 g/mol. The highest BCUT2D eigenvalue weighted by atomic mass is 32.2. The standard InChI is InChI=1S/C24H22N4O5S/c1-3-32-23(30)16-8-10-17(11-9-16)26-24(31)27-19-6-4-5-7-20(19)34-14-18-13-22(29)28-21(25-18)12-15(2)33-28/h4-13H,3,14H2,1-2H3,(H2,26,27,31). The highest BCUT2D eigenvalue weighted by Crippen LogP contribution is 2.29. The fraction of sp³-hybridized carbons (Fsp3) is 0.167. The average Bonchev–Trinajstić information content (AvgIpc) is 3.20. The summed E-state index contributed by atoms with van der Waals surface area (Å²) in [5.41, 5.74) is 2.34. The highest BCUT2D eigenvalue weighted by Gasteiger charge is 2.11. The Labute approximate surface area is 199 Å². The summed E-state index contributed by atoms with van der Waals surface area (Å²) < 4.78 is 11.4. The Morgan fingerprint density at radius 2 is 1.85 bits per heavy atom. The maximum atomic E-state index is 12.5. The quantitative estimate of drug-likeness (QED) is 0.292. The topological polar surface area (TPSA) is 115 Å². The third-order valence-electron chi connectivity index (χ3n) is 4.69. The van der Waals surface area contributed by atoms with Crippen molar-refractivity contribution in [3.63, 3.8) is 0 Å². The molecule has 0 atom stereocenters. The van der Waals surface area contributed by atoms with Crippen molar-refractivity contribution in [3.8, 4) is 0 Å². The summed E-state index contributed by atoms with van der Waals surface area (Å²) in [4.78, 5) is 41.8. The molecule has 0 bridgehead atoms. The van der Waals surface area contributed by atoms with Crippen molar-refractivity contribution in [3.05, 3.63) is 88.0 Å². The number of carbonyl (C=O) groups excluding carboxylic acids is 2. The minimum Gasteiger partial charge on any atom is -0.462 e. The number of thioether (sulfide) groups is 1. The van der Waals surface area contributed by atoms with Crippen LogP contribution in [0.25, 0.3) is 5.65 Å². The molecule has 174 valence electrons. The Hall–Kier alpha value is -4.05. The van der Waals surface area contributed by atoms with Crippen molar-refractivity contribution in [1.82, 2.24) is 9.56 Å². The van der Waals surface area contributed by atoms with Crippen molar-refractivity contribution < 1.29 is 18.8 Å². The van der Waals surface area contributed by atoms with Gasteiger partial charge in [0.1, 0.15) is 5.76 Å². The van der Waals surface area contributed by atoms with E-state index < -0.39 is 12.0 Å². The molecule has 0 aliphatic carbocycles. The van der Waals surface area contributed by atoms with E-state index in [2.05, 4.69) is 15.6 Å². The number of ether oxygens (including phenoxy) is 1. The Kier molecular flexibility index (Phi) is 6.98. The molecule has 0 saturated carbocycles. The molecule has 0 radical (unpaired) electrons. The first-order valence-corrected chi connectivity index (χ1v) is 11.5. The number of amides is 2. The lowest BCUT2D eigenvalue weighted by Crippen LogP contribution is -2.20. The second-order valence-corrected chi connectivity index (χ2v) is 8.26. The van der Waals surface area contributed by atoms with Crippen molar-refractivity contribution in [2.24, 2.45) is 0 Å². The van der Waals surface area contributed by atoms with Gasteiger partial charge in [0.05, 0.1) is 23.6 Å². The fourth-order valence-electron chi connectivity index (χ4n) is 3.18. The summed E-state index contributed by atoms with van der Waals surface area (Å²) in [6, 6.07) is 16.5. The summed E-state index contributed by atoms with van der Waals surface area (Å²) in [5.74, 6) is 0.625. The number of nitrogens with zero attached hydrogens (tertiary/aromatic N) is 2. The largest absolute Gasteiger partial charge is 0.462 e. The van der Waals surface area contributed by atoms with E-state index in [1.54, 1.807) is 50.2 Å². The Morgan fingerprint density at radius 3 is 2.62 bits per heavy atom. The SMILES string of the molecule is CCOC(=O)c1ccc(NC(=O)Nc2ccccc2SCc2cc(=O)n3oc(C)cc3n2)cc1. The molecule has 4 rings (SSSR count). The van der Waals surface area contributed by atoms with Crippen molar-refractivity contribution >= 4 is 40.8 Å². The van der Waals surface area contributed by atoms with E-state index in [0.29, 0.717) is 46.4 Å². The smallest absolute Gasteiger partial charge is 0.338 e. The summed E-state index contributed by atoms with van der Waals surface area (Å²) in [6.45, 7) is 3.79. The first kappa shape index (κ1) is 23.1. The van der Waals surface area contributed by atoms with Crippen LogP contribution in [-0.4, -0.2) is 28.2 Å². The third kappa shape index (κ3) is 5.46. The second kappa shape index (κ2) is 10.3. The van der Waals surface area contributed by atoms with E-state index in [9.17, 15) is 14.4 Å². The van der Waals surface area contributed by atoms with Crippen LogP contribution in [0.3, 0.4) is 0 Å². The van der Waals surface area contributed by atoms with Crippen molar-refractivity contribution in [2.45, 2.75) is 24.5 Å². The van der Waals surface area contributed by atoms with E-state index in [-0.39, 0.29) is 5.56 Å². The number of nitrogens with one attached hydrogen (secondary N) is 2. The number of para-hydroxylation sites is 1. The van der Waals surface area contributed by atoms with Crippen LogP contribution in [0.5, 0.6) is 0 Å². The van der Waals surface area contributed by atoms with Gasteiger partial charge in [0.2, 0.25) is 0 Å². The van der Waals surface area contributed by atoms with Crippen LogP contribution >= 0.6 is 11.8 Å². The Balaban J connectivity index is 1.41. The second-order valence-electron chi connectivity index (χ2n) is 7.25. The van der Waals surface area contributed by atoms with Gasteiger partial charge in [0.25, 0.3) is 5.56 Å². The number of rotatable bonds is 7.